The Morgan fingerprint density at radius 3 is 1.49 bits per heavy atom. The zero-order valence-corrected chi connectivity index (χ0v) is 25.7. The van der Waals surface area contributed by atoms with E-state index in [0.717, 1.165) is 55.8 Å². The second kappa shape index (κ2) is 11.4. The molecule has 2 aromatic heterocycles. The van der Waals surface area contributed by atoms with Gasteiger partial charge < -0.3 is 4.57 Å². The van der Waals surface area contributed by atoms with Crippen LogP contribution in [0.1, 0.15) is 11.1 Å². The predicted octanol–water partition coefficient (Wildman–Crippen LogP) is 10.5. The van der Waals surface area contributed by atoms with Crippen LogP contribution in [0.25, 0.3) is 72.8 Å². The molecule has 0 N–H and O–H groups in total. The molecule has 0 spiro atoms. The Morgan fingerprint density at radius 2 is 0.957 bits per heavy atom. The van der Waals surface area contributed by atoms with E-state index in [0.29, 0.717) is 34.2 Å². The molecular weight excluding hydrogens is 586 g/mol. The lowest BCUT2D eigenvalue weighted by atomic mass is 10.0. The molecule has 6 aromatic carbocycles. The summed E-state index contributed by atoms with van der Waals surface area (Å²) < 4.78 is 31.2. The minimum absolute atomic E-state index is 0.421. The van der Waals surface area contributed by atoms with Crippen molar-refractivity contribution in [1.29, 1.82) is 0 Å². The molecule has 0 saturated carbocycles. The largest absolute Gasteiger partial charge is 0.308 e. The zero-order chi connectivity index (χ0) is 32.1. The van der Waals surface area contributed by atoms with E-state index in [4.69, 9.17) is 15.0 Å². The maximum Gasteiger partial charge on any atom is 0.166 e. The van der Waals surface area contributed by atoms with Gasteiger partial charge in [-0.3, -0.25) is 0 Å². The molecule has 4 nitrogen and oxygen atoms in total. The van der Waals surface area contributed by atoms with Crippen LogP contribution in [0, 0.1) is 25.5 Å². The van der Waals surface area contributed by atoms with Gasteiger partial charge in [0.25, 0.3) is 0 Å². The minimum atomic E-state index is -0.642. The molecule has 2 heterocycles. The second-order valence-corrected chi connectivity index (χ2v) is 11.8. The number of aryl methyl sites for hydroxylation is 2. The van der Waals surface area contributed by atoms with Crippen molar-refractivity contribution in [2.75, 3.05) is 0 Å². The van der Waals surface area contributed by atoms with Crippen molar-refractivity contribution in [2.45, 2.75) is 13.8 Å². The van der Waals surface area contributed by atoms with Gasteiger partial charge in [0.2, 0.25) is 0 Å². The maximum absolute atomic E-state index is 14.5. The highest BCUT2D eigenvalue weighted by Gasteiger charge is 2.21. The van der Waals surface area contributed by atoms with E-state index in [1.807, 2.05) is 78.9 Å². The molecule has 0 radical (unpaired) electrons. The molecule has 0 bridgehead atoms. The third-order valence-electron chi connectivity index (χ3n) is 8.45. The summed E-state index contributed by atoms with van der Waals surface area (Å²) in [5.74, 6) is 0.212. The number of benzene rings is 6. The monoisotopic (exact) mass is 614 g/mol. The fraction of sp³-hybridized carbons (Fsp3) is 0.0488. The van der Waals surface area contributed by atoms with Crippen LogP contribution in [0.2, 0.25) is 0 Å². The fourth-order valence-corrected chi connectivity index (χ4v) is 6.24. The molecular formula is C41H28F2N4. The van der Waals surface area contributed by atoms with Crippen LogP contribution in [0.5, 0.6) is 0 Å². The highest BCUT2D eigenvalue weighted by atomic mass is 19.1. The lowest BCUT2D eigenvalue weighted by Gasteiger charge is -2.16. The van der Waals surface area contributed by atoms with Crippen molar-refractivity contribution in [3.8, 4) is 51.0 Å². The normalized spacial score (nSPS) is 11.4. The first-order valence-electron chi connectivity index (χ1n) is 15.4. The molecule has 0 saturated heterocycles. The smallest absolute Gasteiger partial charge is 0.166 e. The van der Waals surface area contributed by atoms with Crippen LogP contribution in [-0.4, -0.2) is 19.5 Å². The van der Waals surface area contributed by atoms with E-state index in [2.05, 4.69) is 54.8 Å². The standard InChI is InChI=1S/C41H28F2N4/c1-25-13-16-33-34-17-14-26(2)20-38(34)47(37(33)19-25)36-18-15-29(30-21-31(42)24-32(43)22-30)23-35(36)41-45-39(27-9-5-3-6-10-27)44-40(46-41)28-11-7-4-8-12-28/h3-24H,1-2H3. The summed E-state index contributed by atoms with van der Waals surface area (Å²) in [6.45, 7) is 4.17. The van der Waals surface area contributed by atoms with Crippen LogP contribution in [0.4, 0.5) is 8.78 Å². The Kier molecular flexibility index (Phi) is 6.91. The van der Waals surface area contributed by atoms with Crippen molar-refractivity contribution < 1.29 is 8.78 Å². The number of fused-ring (bicyclic) bond motifs is 3. The SMILES string of the molecule is Cc1ccc2c3ccc(C)cc3n(-c3ccc(-c4cc(F)cc(F)c4)cc3-c3nc(-c4ccccc4)nc(-c4ccccc4)n3)c2c1. The molecule has 226 valence electrons. The molecule has 0 aliphatic rings. The van der Waals surface area contributed by atoms with Crippen molar-refractivity contribution in [3.05, 3.63) is 156 Å². The lowest BCUT2D eigenvalue weighted by Crippen LogP contribution is -2.04. The second-order valence-electron chi connectivity index (χ2n) is 11.8. The van der Waals surface area contributed by atoms with E-state index < -0.39 is 11.6 Å². The highest BCUT2D eigenvalue weighted by molar-refractivity contribution is 6.10. The van der Waals surface area contributed by atoms with Gasteiger partial charge >= 0.3 is 0 Å². The van der Waals surface area contributed by atoms with Crippen molar-refractivity contribution in [3.63, 3.8) is 0 Å². The molecule has 6 heteroatoms. The Bertz CT molecular complexity index is 2310. The summed E-state index contributed by atoms with van der Waals surface area (Å²) in [4.78, 5) is 15.0. The predicted molar refractivity (Wildman–Crippen MR) is 185 cm³/mol. The topological polar surface area (TPSA) is 43.6 Å². The van der Waals surface area contributed by atoms with E-state index in [1.165, 1.54) is 12.1 Å². The third-order valence-corrected chi connectivity index (χ3v) is 8.45. The zero-order valence-electron chi connectivity index (χ0n) is 25.7. The molecule has 0 aliphatic carbocycles. The van der Waals surface area contributed by atoms with Crippen LogP contribution >= 0.6 is 0 Å². The minimum Gasteiger partial charge on any atom is -0.308 e. The molecule has 0 amide bonds. The molecule has 8 rings (SSSR count). The van der Waals surface area contributed by atoms with Gasteiger partial charge in [0.05, 0.1) is 16.7 Å². The molecule has 0 atom stereocenters. The van der Waals surface area contributed by atoms with Gasteiger partial charge in [-0.1, -0.05) is 91.0 Å². The number of rotatable bonds is 5. The lowest BCUT2D eigenvalue weighted by molar-refractivity contribution is 0.584. The fourth-order valence-electron chi connectivity index (χ4n) is 6.24. The van der Waals surface area contributed by atoms with E-state index in [1.54, 1.807) is 0 Å². The van der Waals surface area contributed by atoms with E-state index in [9.17, 15) is 8.78 Å². The molecule has 0 fully saturated rings. The quantitative estimate of drug-likeness (QED) is 0.194. The number of aromatic nitrogens is 4. The summed E-state index contributed by atoms with van der Waals surface area (Å²) >= 11 is 0. The van der Waals surface area contributed by atoms with Crippen molar-refractivity contribution >= 4 is 21.8 Å². The summed E-state index contributed by atoms with van der Waals surface area (Å²) in [7, 11) is 0. The van der Waals surface area contributed by atoms with Gasteiger partial charge in [0, 0.05) is 33.5 Å². The van der Waals surface area contributed by atoms with Gasteiger partial charge in [-0.25, -0.2) is 23.7 Å². The van der Waals surface area contributed by atoms with Crippen LogP contribution in [0.15, 0.2) is 133 Å². The van der Waals surface area contributed by atoms with Crippen LogP contribution < -0.4 is 0 Å². The Labute approximate surface area is 270 Å². The number of halogens is 2. The first-order valence-corrected chi connectivity index (χ1v) is 15.4. The maximum atomic E-state index is 14.5. The number of hydrogen-bond acceptors (Lipinski definition) is 3. The molecule has 0 aliphatic heterocycles. The van der Waals surface area contributed by atoms with Gasteiger partial charge in [-0.2, -0.15) is 0 Å². The number of nitrogens with zero attached hydrogens (tertiary/aromatic N) is 4. The van der Waals surface area contributed by atoms with Crippen LogP contribution in [0.3, 0.4) is 0 Å². The average Bonchev–Trinajstić information content (AvgIpc) is 3.40. The summed E-state index contributed by atoms with van der Waals surface area (Å²) in [6, 6.07) is 41.9. The van der Waals surface area contributed by atoms with Crippen molar-refractivity contribution in [1.82, 2.24) is 19.5 Å². The Morgan fingerprint density at radius 1 is 0.447 bits per heavy atom. The average molecular weight is 615 g/mol. The van der Waals surface area contributed by atoms with Gasteiger partial charge in [0.15, 0.2) is 17.5 Å². The van der Waals surface area contributed by atoms with Crippen molar-refractivity contribution in [2.24, 2.45) is 0 Å². The molecule has 47 heavy (non-hydrogen) atoms. The van der Waals surface area contributed by atoms with Crippen LogP contribution in [-0.2, 0) is 0 Å². The Hall–Kier alpha value is -6.01. The summed E-state index contributed by atoms with van der Waals surface area (Å²) in [5.41, 5.74) is 8.63. The molecule has 0 unspecified atom stereocenters. The third kappa shape index (κ3) is 5.24. The molecule has 8 aromatic rings. The summed E-state index contributed by atoms with van der Waals surface area (Å²) in [5, 5.41) is 2.25. The first-order chi connectivity index (χ1) is 22.9. The van der Waals surface area contributed by atoms with Gasteiger partial charge in [0.1, 0.15) is 11.6 Å². The first kappa shape index (κ1) is 28.5. The summed E-state index contributed by atoms with van der Waals surface area (Å²) in [6.07, 6.45) is 0. The van der Waals surface area contributed by atoms with Gasteiger partial charge in [-0.15, -0.1) is 0 Å². The Balaban J connectivity index is 1.48. The van der Waals surface area contributed by atoms with E-state index in [-0.39, 0.29) is 0 Å². The van der Waals surface area contributed by atoms with Gasteiger partial charge in [-0.05, 0) is 72.5 Å². The highest BCUT2D eigenvalue weighted by Crippen LogP contribution is 2.39. The number of hydrogen-bond donors (Lipinski definition) is 0. The van der Waals surface area contributed by atoms with E-state index >= 15 is 0 Å².